The number of rotatable bonds is 3. The molecule has 6 aromatic rings. The first-order valence-electron chi connectivity index (χ1n) is 10.6. The highest BCUT2D eigenvalue weighted by Crippen LogP contribution is 2.39. The lowest BCUT2D eigenvalue weighted by Crippen LogP contribution is -1.86. The van der Waals surface area contributed by atoms with E-state index in [-0.39, 0.29) is 0 Å². The number of hydrogen-bond acceptors (Lipinski definition) is 4. The Morgan fingerprint density at radius 2 is 0.879 bits per heavy atom. The van der Waals surface area contributed by atoms with Crippen LogP contribution in [0.4, 0.5) is 0 Å². The summed E-state index contributed by atoms with van der Waals surface area (Å²) in [5.74, 6) is 0. The molecule has 0 aliphatic carbocycles. The van der Waals surface area contributed by atoms with Gasteiger partial charge in [-0.3, -0.25) is 0 Å². The van der Waals surface area contributed by atoms with E-state index < -0.39 is 0 Å². The predicted octanol–water partition coefficient (Wildman–Crippen LogP) is 8.84. The zero-order chi connectivity index (χ0) is 21.8. The van der Waals surface area contributed by atoms with Gasteiger partial charge >= 0.3 is 0 Å². The van der Waals surface area contributed by atoms with Crippen molar-refractivity contribution in [3.05, 3.63) is 88.2 Å². The third kappa shape index (κ3) is 3.10. The van der Waals surface area contributed by atoms with Gasteiger partial charge in [-0.15, -0.1) is 34.0 Å². The van der Waals surface area contributed by atoms with Gasteiger partial charge in [0.15, 0.2) is 0 Å². The van der Waals surface area contributed by atoms with Gasteiger partial charge in [-0.2, -0.15) is 0 Å². The summed E-state index contributed by atoms with van der Waals surface area (Å²) in [7, 11) is 0. The van der Waals surface area contributed by atoms with Crippen molar-refractivity contribution < 1.29 is 0 Å². The molecule has 2 N–H and O–H groups in total. The van der Waals surface area contributed by atoms with Crippen LogP contribution in [-0.2, 0) is 0 Å². The van der Waals surface area contributed by atoms with E-state index in [1.54, 1.807) is 34.0 Å². The van der Waals surface area contributed by atoms with Crippen molar-refractivity contribution in [3.63, 3.8) is 0 Å². The monoisotopic (exact) mass is 479 g/mol. The first kappa shape index (κ1) is 19.1. The summed E-state index contributed by atoms with van der Waals surface area (Å²) in [6.45, 7) is 0. The molecule has 0 radical (unpaired) electrons. The average molecular weight is 480 g/mol. The van der Waals surface area contributed by atoms with Crippen LogP contribution in [0.1, 0.15) is 11.4 Å². The second-order valence-corrected chi connectivity index (χ2v) is 10.7. The lowest BCUT2D eigenvalue weighted by atomic mass is 10.1. The van der Waals surface area contributed by atoms with E-state index >= 15 is 0 Å². The molecule has 6 aromatic heterocycles. The minimum atomic E-state index is 0.986. The molecule has 7 rings (SSSR count). The SMILES string of the molecule is C1=Cc2nc1c(-c1cccs1)c1ccc([nH]1)c(-c1cccs1)c1ccc([nH]1)c2-c1cccs1. The van der Waals surface area contributed by atoms with Gasteiger partial charge in [0.2, 0.25) is 0 Å². The van der Waals surface area contributed by atoms with Crippen LogP contribution in [0.5, 0.6) is 0 Å². The van der Waals surface area contributed by atoms with Crippen LogP contribution in [0.3, 0.4) is 0 Å². The van der Waals surface area contributed by atoms with Gasteiger partial charge in [-0.25, -0.2) is 4.98 Å². The van der Waals surface area contributed by atoms with Crippen LogP contribution in [0, 0.1) is 0 Å². The molecule has 1 aliphatic heterocycles. The van der Waals surface area contributed by atoms with Gasteiger partial charge in [0, 0.05) is 53.4 Å². The Kier molecular flexibility index (Phi) is 4.36. The Hall–Kier alpha value is -3.45. The summed E-state index contributed by atoms with van der Waals surface area (Å²) in [6.07, 6.45) is 4.29. The van der Waals surface area contributed by atoms with Crippen LogP contribution in [0.25, 0.3) is 65.5 Å². The molecule has 33 heavy (non-hydrogen) atoms. The fourth-order valence-electron chi connectivity index (χ4n) is 4.48. The molecule has 0 fully saturated rings. The van der Waals surface area contributed by atoms with Crippen LogP contribution in [-0.4, -0.2) is 15.0 Å². The van der Waals surface area contributed by atoms with Crippen molar-refractivity contribution in [2.24, 2.45) is 0 Å². The standard InChI is InChI=1S/C27H17N3S3/c1-4-22(31-13-1)25-16-7-9-18(28-16)26(23-5-2-14-32-23)20-11-12-21(30-20)27(24-6-3-15-33-24)19-10-8-17(25)29-19/h1-15,28-29H. The van der Waals surface area contributed by atoms with E-state index in [9.17, 15) is 0 Å². The molecule has 0 atom stereocenters. The molecule has 0 unspecified atom stereocenters. The fourth-order valence-corrected chi connectivity index (χ4v) is 6.87. The Balaban J connectivity index is 1.71. The maximum atomic E-state index is 5.15. The molecule has 1 aliphatic rings. The summed E-state index contributed by atoms with van der Waals surface area (Å²) >= 11 is 5.24. The minimum Gasteiger partial charge on any atom is -0.354 e. The molecule has 7 heterocycles. The molecule has 0 aromatic carbocycles. The first-order chi connectivity index (χ1) is 16.3. The van der Waals surface area contributed by atoms with Gasteiger partial charge in [-0.1, -0.05) is 18.2 Å². The number of thiophene rings is 3. The molecule has 158 valence electrons. The highest BCUT2D eigenvalue weighted by Gasteiger charge is 2.17. The molecular weight excluding hydrogens is 463 g/mol. The number of fused-ring (bicyclic) bond motifs is 6. The lowest BCUT2D eigenvalue weighted by molar-refractivity contribution is 1.32. The van der Waals surface area contributed by atoms with E-state index in [1.807, 2.05) is 0 Å². The average Bonchev–Trinajstić information content (AvgIpc) is 3.64. The zero-order valence-corrected chi connectivity index (χ0v) is 19.8. The van der Waals surface area contributed by atoms with E-state index in [1.165, 1.54) is 20.2 Å². The van der Waals surface area contributed by atoms with Crippen LogP contribution in [0.15, 0.2) is 76.8 Å². The van der Waals surface area contributed by atoms with E-state index in [4.69, 9.17) is 4.98 Å². The number of aromatic amines is 2. The van der Waals surface area contributed by atoms with Crippen molar-refractivity contribution in [1.82, 2.24) is 15.0 Å². The van der Waals surface area contributed by atoms with Crippen LogP contribution < -0.4 is 0 Å². The van der Waals surface area contributed by atoms with E-state index in [0.29, 0.717) is 0 Å². The van der Waals surface area contributed by atoms with Crippen molar-refractivity contribution >= 4 is 68.2 Å². The van der Waals surface area contributed by atoms with E-state index in [0.717, 1.165) is 44.6 Å². The minimum absolute atomic E-state index is 0.986. The smallest absolute Gasteiger partial charge is 0.0745 e. The molecule has 0 spiro atoms. The Labute approximate surface area is 202 Å². The van der Waals surface area contributed by atoms with Gasteiger partial charge in [-0.05, 0) is 70.8 Å². The maximum absolute atomic E-state index is 5.15. The Morgan fingerprint density at radius 1 is 0.485 bits per heavy atom. The summed E-state index contributed by atoms with van der Waals surface area (Å²) in [4.78, 5) is 16.2. The molecule has 3 nitrogen and oxygen atoms in total. The molecule has 6 heteroatoms. The second-order valence-electron chi connectivity index (χ2n) is 7.84. The van der Waals surface area contributed by atoms with Crippen LogP contribution >= 0.6 is 34.0 Å². The summed E-state index contributed by atoms with van der Waals surface area (Å²) in [5.41, 5.74) is 9.79. The number of hydrogen-bond donors (Lipinski definition) is 2. The zero-order valence-electron chi connectivity index (χ0n) is 17.3. The topological polar surface area (TPSA) is 44.5 Å². The summed E-state index contributed by atoms with van der Waals surface area (Å²) < 4.78 is 0. The van der Waals surface area contributed by atoms with Crippen molar-refractivity contribution in [2.45, 2.75) is 0 Å². The second kappa shape index (κ2) is 7.56. The summed E-state index contributed by atoms with van der Waals surface area (Å²) in [5, 5.41) is 6.38. The summed E-state index contributed by atoms with van der Waals surface area (Å²) in [6, 6.07) is 21.6. The van der Waals surface area contributed by atoms with E-state index in [2.05, 4.69) is 98.9 Å². The first-order valence-corrected chi connectivity index (χ1v) is 13.3. The Bertz CT molecular complexity index is 1590. The largest absolute Gasteiger partial charge is 0.354 e. The van der Waals surface area contributed by atoms with Crippen molar-refractivity contribution in [3.8, 4) is 31.3 Å². The molecule has 0 amide bonds. The quantitative estimate of drug-likeness (QED) is 0.261. The third-order valence-corrected chi connectivity index (χ3v) is 8.57. The van der Waals surface area contributed by atoms with Crippen molar-refractivity contribution in [2.75, 3.05) is 0 Å². The van der Waals surface area contributed by atoms with Gasteiger partial charge in [0.05, 0.1) is 11.4 Å². The number of aromatic nitrogens is 3. The highest BCUT2D eigenvalue weighted by molar-refractivity contribution is 7.14. The number of H-pyrrole nitrogens is 2. The lowest BCUT2D eigenvalue weighted by Gasteiger charge is -2.03. The molecule has 0 saturated carbocycles. The number of nitrogens with zero attached hydrogens (tertiary/aromatic N) is 1. The van der Waals surface area contributed by atoms with Crippen LogP contribution in [0.2, 0.25) is 0 Å². The molecule has 6 bridgehead atoms. The maximum Gasteiger partial charge on any atom is 0.0745 e. The normalized spacial score (nSPS) is 12.1. The number of nitrogens with one attached hydrogen (secondary N) is 2. The van der Waals surface area contributed by atoms with Crippen molar-refractivity contribution in [1.29, 1.82) is 0 Å². The fraction of sp³-hybridized carbons (Fsp3) is 0. The third-order valence-electron chi connectivity index (χ3n) is 5.90. The van der Waals surface area contributed by atoms with Gasteiger partial charge < -0.3 is 9.97 Å². The van der Waals surface area contributed by atoms with Gasteiger partial charge in [0.25, 0.3) is 0 Å². The Morgan fingerprint density at radius 3 is 1.27 bits per heavy atom. The highest BCUT2D eigenvalue weighted by atomic mass is 32.1. The predicted molar refractivity (Wildman–Crippen MR) is 144 cm³/mol. The molecular formula is C27H17N3S3. The van der Waals surface area contributed by atoms with Gasteiger partial charge in [0.1, 0.15) is 0 Å². The molecule has 0 saturated heterocycles.